The van der Waals surface area contributed by atoms with Gasteiger partial charge in [0.2, 0.25) is 5.91 Å². The fourth-order valence-electron chi connectivity index (χ4n) is 3.46. The molecule has 23 heavy (non-hydrogen) atoms. The van der Waals surface area contributed by atoms with E-state index in [1.807, 2.05) is 36.1 Å². The predicted molar refractivity (Wildman–Crippen MR) is 90.8 cm³/mol. The summed E-state index contributed by atoms with van der Waals surface area (Å²) < 4.78 is 0. The van der Waals surface area contributed by atoms with E-state index < -0.39 is 5.97 Å². The minimum Gasteiger partial charge on any atom is -0.481 e. The number of nitrogens with zero attached hydrogens (tertiary/aromatic N) is 1. The molecule has 1 saturated heterocycles. The molecule has 6 heteroatoms. The highest BCUT2D eigenvalue weighted by atomic mass is 35.5. The second-order valence-corrected chi connectivity index (χ2v) is 8.26. The average molecular weight is 354 g/mol. The van der Waals surface area contributed by atoms with Crippen LogP contribution >= 0.6 is 23.4 Å². The fourth-order valence-corrected chi connectivity index (χ4v) is 4.70. The van der Waals surface area contributed by atoms with Crippen LogP contribution in [-0.2, 0) is 9.59 Å². The molecule has 2 fully saturated rings. The van der Waals surface area contributed by atoms with E-state index in [0.717, 1.165) is 24.2 Å². The van der Waals surface area contributed by atoms with E-state index >= 15 is 0 Å². The van der Waals surface area contributed by atoms with Gasteiger partial charge in [-0.1, -0.05) is 23.7 Å². The second kappa shape index (κ2) is 6.36. The molecule has 1 heterocycles. The van der Waals surface area contributed by atoms with Crippen LogP contribution in [0.4, 0.5) is 0 Å². The summed E-state index contributed by atoms with van der Waals surface area (Å²) in [5.74, 6) is -0.778. The van der Waals surface area contributed by atoms with E-state index in [2.05, 4.69) is 0 Å². The maximum atomic E-state index is 12.6. The Labute approximate surface area is 145 Å². The number of halogens is 1. The van der Waals surface area contributed by atoms with Gasteiger partial charge in [0, 0.05) is 18.0 Å². The summed E-state index contributed by atoms with van der Waals surface area (Å²) in [7, 11) is 0. The van der Waals surface area contributed by atoms with Crippen molar-refractivity contribution in [2.24, 2.45) is 11.3 Å². The summed E-state index contributed by atoms with van der Waals surface area (Å²) in [6.07, 6.45) is 2.38. The Morgan fingerprint density at radius 3 is 2.57 bits per heavy atom. The largest absolute Gasteiger partial charge is 0.481 e. The molecule has 1 aliphatic heterocycles. The standard InChI is InChI=1S/C17H20ClNO3S/c1-11(23-14-5-3-2-4-13(14)18)15(20)19-8-6-17(7-9-19)10-12(17)16(21)22/h2-5,11-12H,6-10H2,1H3,(H,21,22). The summed E-state index contributed by atoms with van der Waals surface area (Å²) in [5, 5.41) is 9.60. The number of carbonyl (C=O) groups is 2. The molecule has 4 nitrogen and oxygen atoms in total. The molecule has 3 rings (SSSR count). The van der Waals surface area contributed by atoms with Gasteiger partial charge in [0.1, 0.15) is 0 Å². The molecule has 0 radical (unpaired) electrons. The zero-order valence-corrected chi connectivity index (χ0v) is 14.6. The third kappa shape index (κ3) is 3.36. The summed E-state index contributed by atoms with van der Waals surface area (Å²) in [6, 6.07) is 7.53. The molecule has 0 bridgehead atoms. The van der Waals surface area contributed by atoms with Gasteiger partial charge in [0.15, 0.2) is 0 Å². The number of benzene rings is 1. The summed E-state index contributed by atoms with van der Waals surface area (Å²) in [5.41, 5.74) is -0.0399. The van der Waals surface area contributed by atoms with Crippen molar-refractivity contribution >= 4 is 35.2 Å². The molecule has 1 saturated carbocycles. The highest BCUT2D eigenvalue weighted by Gasteiger charge is 2.59. The van der Waals surface area contributed by atoms with Gasteiger partial charge in [-0.25, -0.2) is 0 Å². The van der Waals surface area contributed by atoms with Gasteiger partial charge in [-0.3, -0.25) is 9.59 Å². The van der Waals surface area contributed by atoms with Crippen molar-refractivity contribution < 1.29 is 14.7 Å². The zero-order chi connectivity index (χ0) is 16.6. The Morgan fingerprint density at radius 1 is 1.35 bits per heavy atom. The number of likely N-dealkylation sites (tertiary alicyclic amines) is 1. The number of aliphatic carboxylic acids is 1. The number of carboxylic acid groups (broad SMARTS) is 1. The van der Waals surface area contributed by atoms with Crippen LogP contribution in [0.15, 0.2) is 29.2 Å². The monoisotopic (exact) mass is 353 g/mol. The van der Waals surface area contributed by atoms with Gasteiger partial charge in [0.25, 0.3) is 0 Å². The quantitative estimate of drug-likeness (QED) is 0.841. The highest BCUT2D eigenvalue weighted by Crippen LogP contribution is 2.59. The summed E-state index contributed by atoms with van der Waals surface area (Å²) in [6.45, 7) is 3.23. The maximum Gasteiger partial charge on any atom is 0.307 e. The zero-order valence-electron chi connectivity index (χ0n) is 13.0. The Bertz CT molecular complexity index is 628. The Morgan fingerprint density at radius 2 is 2.00 bits per heavy atom. The molecule has 1 spiro atoms. The van der Waals surface area contributed by atoms with Crippen molar-refractivity contribution in [2.45, 2.75) is 36.3 Å². The first-order chi connectivity index (χ1) is 10.9. The molecular weight excluding hydrogens is 334 g/mol. The first kappa shape index (κ1) is 16.7. The molecule has 1 amide bonds. The molecular formula is C17H20ClNO3S. The van der Waals surface area contributed by atoms with Gasteiger partial charge in [-0.05, 0) is 43.7 Å². The molecule has 1 N–H and O–H groups in total. The lowest BCUT2D eigenvalue weighted by molar-refractivity contribution is -0.139. The molecule has 2 atom stereocenters. The van der Waals surface area contributed by atoms with Crippen LogP contribution < -0.4 is 0 Å². The first-order valence-corrected chi connectivity index (χ1v) is 9.11. The predicted octanol–water partition coefficient (Wildman–Crippen LogP) is 3.53. The number of rotatable bonds is 4. The van der Waals surface area contributed by atoms with Crippen molar-refractivity contribution in [2.75, 3.05) is 13.1 Å². The Balaban J connectivity index is 1.55. The van der Waals surface area contributed by atoms with Crippen molar-refractivity contribution in [3.05, 3.63) is 29.3 Å². The Hall–Kier alpha value is -1.20. The summed E-state index contributed by atoms with van der Waals surface area (Å²) >= 11 is 7.62. The second-order valence-electron chi connectivity index (χ2n) is 6.47. The molecule has 0 aromatic heterocycles. The van der Waals surface area contributed by atoms with Crippen molar-refractivity contribution in [1.29, 1.82) is 0 Å². The molecule has 2 aliphatic rings. The molecule has 124 valence electrons. The van der Waals surface area contributed by atoms with E-state index in [-0.39, 0.29) is 22.5 Å². The van der Waals surface area contributed by atoms with Crippen molar-refractivity contribution in [3.8, 4) is 0 Å². The minimum absolute atomic E-state index is 0.0399. The van der Waals surface area contributed by atoms with Crippen LogP contribution in [0.5, 0.6) is 0 Å². The molecule has 1 aliphatic carbocycles. The molecule has 1 aromatic carbocycles. The summed E-state index contributed by atoms with van der Waals surface area (Å²) in [4.78, 5) is 26.5. The topological polar surface area (TPSA) is 57.6 Å². The maximum absolute atomic E-state index is 12.6. The molecule has 2 unspecified atom stereocenters. The number of amides is 1. The van der Waals surface area contributed by atoms with Gasteiger partial charge in [-0.2, -0.15) is 0 Å². The van der Waals surface area contributed by atoms with E-state index in [1.165, 1.54) is 11.8 Å². The van der Waals surface area contributed by atoms with E-state index in [9.17, 15) is 9.59 Å². The van der Waals surface area contributed by atoms with Crippen LogP contribution in [-0.4, -0.2) is 40.2 Å². The van der Waals surface area contributed by atoms with Gasteiger partial charge < -0.3 is 10.0 Å². The number of hydrogen-bond acceptors (Lipinski definition) is 3. The Kier molecular flexibility index (Phi) is 4.61. The fraction of sp³-hybridized carbons (Fsp3) is 0.529. The number of hydrogen-bond donors (Lipinski definition) is 1. The highest BCUT2D eigenvalue weighted by molar-refractivity contribution is 8.00. The van der Waals surface area contributed by atoms with Crippen LogP contribution in [0, 0.1) is 11.3 Å². The number of piperidine rings is 1. The van der Waals surface area contributed by atoms with Crippen molar-refractivity contribution in [3.63, 3.8) is 0 Å². The van der Waals surface area contributed by atoms with Gasteiger partial charge in [-0.15, -0.1) is 11.8 Å². The average Bonchev–Trinajstić information content (AvgIpc) is 3.23. The van der Waals surface area contributed by atoms with E-state index in [0.29, 0.717) is 18.1 Å². The SMILES string of the molecule is CC(Sc1ccccc1Cl)C(=O)N1CCC2(CC1)CC2C(=O)O. The normalized spacial score (nSPS) is 23.6. The third-order valence-corrected chi connectivity index (χ3v) is 6.65. The third-order valence-electron chi connectivity index (χ3n) is 5.05. The van der Waals surface area contributed by atoms with Gasteiger partial charge in [0.05, 0.1) is 16.2 Å². The van der Waals surface area contributed by atoms with Crippen LogP contribution in [0.25, 0.3) is 0 Å². The molecule has 1 aromatic rings. The first-order valence-electron chi connectivity index (χ1n) is 7.86. The van der Waals surface area contributed by atoms with Gasteiger partial charge >= 0.3 is 5.97 Å². The lowest BCUT2D eigenvalue weighted by Crippen LogP contribution is -2.43. The van der Waals surface area contributed by atoms with Crippen LogP contribution in [0.2, 0.25) is 5.02 Å². The smallest absolute Gasteiger partial charge is 0.307 e. The van der Waals surface area contributed by atoms with Crippen LogP contribution in [0.3, 0.4) is 0 Å². The minimum atomic E-state index is -0.688. The van der Waals surface area contributed by atoms with E-state index in [1.54, 1.807) is 0 Å². The number of carbonyl (C=O) groups excluding carboxylic acids is 1. The lowest BCUT2D eigenvalue weighted by Gasteiger charge is -2.34. The van der Waals surface area contributed by atoms with E-state index in [4.69, 9.17) is 16.7 Å². The lowest BCUT2D eigenvalue weighted by atomic mass is 9.90. The van der Waals surface area contributed by atoms with Crippen molar-refractivity contribution in [1.82, 2.24) is 4.90 Å². The van der Waals surface area contributed by atoms with Crippen LogP contribution in [0.1, 0.15) is 26.2 Å². The number of thioether (sulfide) groups is 1. The number of carboxylic acids is 1.